The smallest absolute Gasteiger partial charge is 0.214 e. The molecule has 0 heterocycles. The molecule has 30 valence electrons. The quantitative estimate of drug-likeness (QED) is 0.281. The van der Waals surface area contributed by atoms with Gasteiger partial charge in [0.25, 0.3) is 0 Å². The number of rotatable bonds is 3. The monoisotopic (exact) mass is 92.0 g/mol. The Balaban J connectivity index is 2.66. The molecule has 0 aromatic carbocycles. The molecule has 0 aromatic heterocycles. The van der Waals surface area contributed by atoms with E-state index in [1.807, 2.05) is 10.3 Å². The molecule has 0 bridgehead atoms. The van der Waals surface area contributed by atoms with Gasteiger partial charge in [0.2, 0.25) is 0 Å². The van der Waals surface area contributed by atoms with Crippen molar-refractivity contribution in [2.24, 2.45) is 0 Å². The van der Waals surface area contributed by atoms with Crippen LogP contribution in [0.25, 0.3) is 0 Å². The lowest BCUT2D eigenvalue weighted by molar-refractivity contribution is 1.73. The molecular weight excluding hydrogens is 84.4 g/mol. The summed E-state index contributed by atoms with van der Waals surface area (Å²) in [5.41, 5.74) is 0. The molecule has 6 heavy (non-hydrogen) atoms. The molecule has 0 N–H and O–H groups in total. The van der Waals surface area contributed by atoms with E-state index in [0.29, 0.717) is 0 Å². The van der Waals surface area contributed by atoms with Crippen LogP contribution in [0.3, 0.4) is 0 Å². The maximum atomic E-state index is 3.61. The average molecular weight is 92.4 g/mol. The lowest BCUT2D eigenvalue weighted by Gasteiger charge is -1.70. The van der Waals surface area contributed by atoms with Gasteiger partial charge in [0.05, 0.1) is 0 Å². The van der Waals surface area contributed by atoms with Crippen LogP contribution in [-0.2, 0) is 0 Å². The maximum absolute atomic E-state index is 3.61. The van der Waals surface area contributed by atoms with E-state index in [0.717, 1.165) is 0 Å². The van der Waals surface area contributed by atoms with Crippen LogP contribution in [0.4, 0.5) is 0 Å². The molecule has 0 aliphatic rings. The lowest BCUT2D eigenvalue weighted by atomic mass is 10.8. The Morgan fingerprint density at radius 2 is 2.17 bits per heavy atom. The second kappa shape index (κ2) is 5.25. The van der Waals surface area contributed by atoms with Crippen molar-refractivity contribution in [1.82, 2.24) is 0 Å². The molecule has 0 aliphatic heterocycles. The van der Waals surface area contributed by atoms with Crippen molar-refractivity contribution in [2.45, 2.75) is 4.55 Å². The summed E-state index contributed by atoms with van der Waals surface area (Å²) < 4.78 is 3.23. The second-order valence-electron chi connectivity index (χ2n) is 1.15. The zero-order chi connectivity index (χ0) is 4.83. The molecule has 0 nitrogen and oxygen atoms in total. The Morgan fingerprint density at radius 1 is 1.50 bits per heavy atom. The molecule has 0 radical (unpaired) electrons. The summed E-state index contributed by atoms with van der Waals surface area (Å²) in [6, 6.07) is 0. The summed E-state index contributed by atoms with van der Waals surface area (Å²) in [5, 5.41) is 0. The van der Waals surface area contributed by atoms with Gasteiger partial charge in [-0.1, -0.05) is 0 Å². The third-order valence-corrected chi connectivity index (χ3v) is 1.72. The third-order valence-electron chi connectivity index (χ3n) is 0.575. The highest BCUT2D eigenvalue weighted by Crippen LogP contribution is 1.75. The predicted molar refractivity (Wildman–Crippen MR) is 31.0 cm³/mol. The van der Waals surface area contributed by atoms with Gasteiger partial charge in [-0.3, -0.25) is 0 Å². The minimum atomic E-state index is 0.0675. The fraction of sp³-hybridized carbons (Fsp3) is 0.200. The molecule has 1 heteroatoms. The Morgan fingerprint density at radius 3 is 2.33 bits per heavy atom. The molecule has 0 aliphatic carbocycles. The molecule has 0 spiro atoms. The van der Waals surface area contributed by atoms with Crippen LogP contribution >= 0.6 is 0 Å². The molecule has 0 atom stereocenters. The summed E-state index contributed by atoms with van der Waals surface area (Å²) in [5.74, 6) is 0. The summed E-state index contributed by atoms with van der Waals surface area (Å²) in [6.45, 7) is 7.20. The first-order valence-electron chi connectivity index (χ1n) is 2.13. The van der Waals surface area contributed by atoms with Crippen molar-refractivity contribution < 1.29 is 0 Å². The van der Waals surface area contributed by atoms with E-state index in [1.165, 1.54) is 4.55 Å². The summed E-state index contributed by atoms with van der Waals surface area (Å²) in [4.78, 5) is 0. The third kappa shape index (κ3) is 4.25. The Hall–Kier alpha value is 0.246. The van der Waals surface area contributed by atoms with Crippen molar-refractivity contribution >= 4 is 20.4 Å². The van der Waals surface area contributed by atoms with Gasteiger partial charge in [0, 0.05) is 0 Å². The van der Waals surface area contributed by atoms with E-state index in [4.69, 9.17) is 0 Å². The molecule has 0 amide bonds. The Bertz CT molecular complexity index is 39.9. The van der Waals surface area contributed by atoms with E-state index in [-0.39, 0.29) is 20.4 Å². The Labute approximate surface area is 48.7 Å². The first-order chi connectivity index (χ1) is 2.91. The van der Waals surface area contributed by atoms with Crippen LogP contribution in [0.5, 0.6) is 0 Å². The zero-order valence-corrected chi connectivity index (χ0v) is 5.40. The first-order valence-corrected chi connectivity index (χ1v) is 3.95. The highest BCUT2D eigenvalue weighted by molar-refractivity contribution is 6.42. The van der Waals surface area contributed by atoms with E-state index in [9.17, 15) is 0 Å². The lowest BCUT2D eigenvalue weighted by Crippen LogP contribution is -1.74. The van der Waals surface area contributed by atoms with E-state index in [1.54, 1.807) is 0 Å². The largest absolute Gasteiger partial charge is 0.400 e. The summed E-state index contributed by atoms with van der Waals surface area (Å²) in [6.07, 6.45) is 1.95. The van der Waals surface area contributed by atoms with Gasteiger partial charge in [0.15, 0.2) is 0 Å². The van der Waals surface area contributed by atoms with Gasteiger partial charge in [-0.05, 0) is 0 Å². The predicted octanol–water partition coefficient (Wildman–Crippen LogP) is 1.44. The van der Waals surface area contributed by atoms with Crippen LogP contribution < -0.4 is 0 Å². The molecule has 0 saturated carbocycles. The van der Waals surface area contributed by atoms with Gasteiger partial charge >= 0.3 is 20.4 Å². The minimum Gasteiger partial charge on any atom is -0.214 e. The van der Waals surface area contributed by atoms with Gasteiger partial charge in [-0.25, -0.2) is 4.21 Å². The minimum absolute atomic E-state index is 0.0675. The summed E-state index contributed by atoms with van der Waals surface area (Å²) >= 11 is 0.0675. The van der Waals surface area contributed by atoms with Crippen molar-refractivity contribution in [2.75, 3.05) is 0 Å². The van der Waals surface area contributed by atoms with Crippen LogP contribution in [0, 0.1) is 0 Å². The molecule has 0 unspecified atom stereocenters. The molecule has 0 aromatic rings. The standard InChI is InChI=1S/C3H5.C2H3.Mg/c1-3-2;1-2;/h3H,1-2H2;1H,2H2;. The number of hydrogen-bond acceptors (Lipinski definition) is 0. The highest BCUT2D eigenvalue weighted by Gasteiger charge is 1.77. The van der Waals surface area contributed by atoms with Gasteiger partial charge in [-0.2, -0.15) is 0 Å². The van der Waals surface area contributed by atoms with Crippen LogP contribution in [0.1, 0.15) is 0 Å². The maximum Gasteiger partial charge on any atom is 0.400 e. The zero-order valence-electron chi connectivity index (χ0n) is 3.98. The number of hydrogen-bond donors (Lipinski definition) is 0. The van der Waals surface area contributed by atoms with E-state index >= 15 is 0 Å². The highest BCUT2D eigenvalue weighted by atomic mass is 24.5. The average Bonchev–Trinajstić information content (AvgIpc) is 1.61. The number of allylic oxidation sites excluding steroid dienone is 1. The van der Waals surface area contributed by atoms with Gasteiger partial charge < -0.3 is 0 Å². The molecular formula is C5H8Mg. The molecule has 0 saturated heterocycles. The van der Waals surface area contributed by atoms with Crippen molar-refractivity contribution in [3.05, 3.63) is 23.4 Å². The van der Waals surface area contributed by atoms with Crippen molar-refractivity contribution in [3.8, 4) is 0 Å². The topological polar surface area (TPSA) is 0 Å². The summed E-state index contributed by atoms with van der Waals surface area (Å²) in [7, 11) is 0. The normalized spacial score (nSPS) is 6.00. The second-order valence-corrected chi connectivity index (χ2v) is 2.89. The van der Waals surface area contributed by atoms with Crippen LogP contribution in [-0.4, -0.2) is 20.4 Å². The molecule has 0 fully saturated rings. The first kappa shape index (κ1) is 6.25. The van der Waals surface area contributed by atoms with E-state index in [2.05, 4.69) is 13.2 Å². The van der Waals surface area contributed by atoms with Gasteiger partial charge in [-0.15, -0.1) is 23.8 Å². The van der Waals surface area contributed by atoms with E-state index < -0.39 is 0 Å². The van der Waals surface area contributed by atoms with Crippen molar-refractivity contribution in [1.29, 1.82) is 0 Å². The fourth-order valence-corrected chi connectivity index (χ4v) is 0.707. The van der Waals surface area contributed by atoms with Crippen LogP contribution in [0.15, 0.2) is 23.4 Å². The van der Waals surface area contributed by atoms with Crippen molar-refractivity contribution in [3.63, 3.8) is 0 Å². The molecule has 0 rings (SSSR count). The fourth-order valence-electron chi connectivity index (χ4n) is 0.236. The van der Waals surface area contributed by atoms with Gasteiger partial charge in [0.1, 0.15) is 0 Å². The SMILES string of the molecule is C=C[CH2][Mg][CH]=C. The van der Waals surface area contributed by atoms with Crippen LogP contribution in [0.2, 0.25) is 4.55 Å². The Kier molecular flexibility index (Phi) is 5.46.